The Kier molecular flexibility index (Phi) is 5.15. The molecule has 0 saturated carbocycles. The van der Waals surface area contributed by atoms with Crippen molar-refractivity contribution >= 4 is 11.6 Å². The van der Waals surface area contributed by atoms with Crippen molar-refractivity contribution in [2.24, 2.45) is 5.84 Å². The van der Waals surface area contributed by atoms with Gasteiger partial charge in [0, 0.05) is 13.1 Å². The molecule has 0 unspecified atom stereocenters. The van der Waals surface area contributed by atoms with E-state index >= 15 is 0 Å². The number of hydrazine groups is 1. The van der Waals surface area contributed by atoms with E-state index in [2.05, 4.69) is 5.43 Å². The van der Waals surface area contributed by atoms with Crippen molar-refractivity contribution in [3.05, 3.63) is 29.3 Å². The summed E-state index contributed by atoms with van der Waals surface area (Å²) in [6.07, 6.45) is 0.330. The fraction of sp³-hybridized carbons (Fsp3) is 0.385. The van der Waals surface area contributed by atoms with E-state index in [0.717, 1.165) is 5.56 Å². The zero-order chi connectivity index (χ0) is 13.5. The third-order valence-electron chi connectivity index (χ3n) is 2.72. The van der Waals surface area contributed by atoms with Gasteiger partial charge in [0.25, 0.3) is 5.91 Å². The van der Waals surface area contributed by atoms with Crippen LogP contribution < -0.4 is 11.3 Å². The average Bonchev–Trinajstić information content (AvgIpc) is 2.39. The molecule has 0 fully saturated rings. The second kappa shape index (κ2) is 6.62. The standard InChI is InChI=1S/C13H18N4O/c1-3-17(8-4-7-14)13(18)11-6-5-10(2)9-12(11)16-15/h5-6,9,16H,3-4,8,15H2,1-2H3. The summed E-state index contributed by atoms with van der Waals surface area (Å²) < 4.78 is 0. The zero-order valence-electron chi connectivity index (χ0n) is 10.7. The van der Waals surface area contributed by atoms with Gasteiger partial charge in [0.05, 0.1) is 23.7 Å². The topological polar surface area (TPSA) is 82.2 Å². The maximum absolute atomic E-state index is 12.3. The number of amides is 1. The van der Waals surface area contributed by atoms with Crippen LogP contribution in [-0.2, 0) is 0 Å². The summed E-state index contributed by atoms with van der Waals surface area (Å²) in [6.45, 7) is 4.82. The number of carbonyl (C=O) groups is 1. The Labute approximate surface area is 107 Å². The molecule has 1 aromatic carbocycles. The molecule has 18 heavy (non-hydrogen) atoms. The molecule has 0 atom stereocenters. The van der Waals surface area contributed by atoms with Crippen molar-refractivity contribution in [3.63, 3.8) is 0 Å². The van der Waals surface area contributed by atoms with Crippen molar-refractivity contribution in [1.82, 2.24) is 4.90 Å². The second-order valence-corrected chi connectivity index (χ2v) is 3.99. The van der Waals surface area contributed by atoms with Crippen LogP contribution in [0.1, 0.15) is 29.3 Å². The minimum atomic E-state index is -0.110. The Morgan fingerprint density at radius 3 is 2.83 bits per heavy atom. The molecule has 5 heteroatoms. The predicted octanol–water partition coefficient (Wildman–Crippen LogP) is 1.66. The van der Waals surface area contributed by atoms with Crippen LogP contribution in [0.4, 0.5) is 5.69 Å². The number of rotatable bonds is 5. The molecule has 0 radical (unpaired) electrons. The van der Waals surface area contributed by atoms with Crippen molar-refractivity contribution in [3.8, 4) is 6.07 Å². The van der Waals surface area contributed by atoms with Crippen LogP contribution >= 0.6 is 0 Å². The number of nitrogen functional groups attached to an aromatic ring is 1. The van der Waals surface area contributed by atoms with Crippen LogP contribution in [0.5, 0.6) is 0 Å². The largest absolute Gasteiger partial charge is 0.338 e. The molecule has 0 aliphatic heterocycles. The number of benzene rings is 1. The van der Waals surface area contributed by atoms with E-state index in [4.69, 9.17) is 11.1 Å². The Morgan fingerprint density at radius 2 is 2.28 bits per heavy atom. The molecule has 3 N–H and O–H groups in total. The van der Waals surface area contributed by atoms with Gasteiger partial charge in [-0.1, -0.05) is 6.07 Å². The van der Waals surface area contributed by atoms with Gasteiger partial charge in [0.15, 0.2) is 0 Å². The van der Waals surface area contributed by atoms with Crippen LogP contribution in [0.25, 0.3) is 0 Å². The third kappa shape index (κ3) is 3.22. The maximum Gasteiger partial charge on any atom is 0.256 e. The first kappa shape index (κ1) is 14.0. The Bertz CT molecular complexity index is 465. The van der Waals surface area contributed by atoms with Crippen LogP contribution in [0.3, 0.4) is 0 Å². The number of nitrogens with two attached hydrogens (primary N) is 1. The van der Waals surface area contributed by atoms with Crippen LogP contribution in [-0.4, -0.2) is 23.9 Å². The highest BCUT2D eigenvalue weighted by atomic mass is 16.2. The fourth-order valence-corrected chi connectivity index (χ4v) is 1.72. The molecular formula is C13H18N4O. The average molecular weight is 246 g/mol. The first-order valence-electron chi connectivity index (χ1n) is 5.87. The summed E-state index contributed by atoms with van der Waals surface area (Å²) in [4.78, 5) is 13.9. The number of hydrogen-bond donors (Lipinski definition) is 2. The number of anilines is 1. The lowest BCUT2D eigenvalue weighted by molar-refractivity contribution is 0.0768. The van der Waals surface area contributed by atoms with E-state index < -0.39 is 0 Å². The Hall–Kier alpha value is -2.06. The van der Waals surface area contributed by atoms with Gasteiger partial charge < -0.3 is 10.3 Å². The van der Waals surface area contributed by atoms with Crippen molar-refractivity contribution in [2.75, 3.05) is 18.5 Å². The van der Waals surface area contributed by atoms with Gasteiger partial charge in [0.2, 0.25) is 0 Å². The van der Waals surface area contributed by atoms with Gasteiger partial charge in [-0.3, -0.25) is 10.6 Å². The highest BCUT2D eigenvalue weighted by molar-refractivity contribution is 5.99. The molecule has 0 aliphatic carbocycles. The van der Waals surface area contributed by atoms with Crippen molar-refractivity contribution in [1.29, 1.82) is 5.26 Å². The lowest BCUT2D eigenvalue weighted by Gasteiger charge is -2.21. The molecular weight excluding hydrogens is 228 g/mol. The molecule has 0 heterocycles. The van der Waals surface area contributed by atoms with Crippen molar-refractivity contribution < 1.29 is 4.79 Å². The molecule has 1 rings (SSSR count). The minimum Gasteiger partial charge on any atom is -0.338 e. The lowest BCUT2D eigenvalue weighted by atomic mass is 10.1. The monoisotopic (exact) mass is 246 g/mol. The minimum absolute atomic E-state index is 0.110. The van der Waals surface area contributed by atoms with E-state index in [-0.39, 0.29) is 5.91 Å². The second-order valence-electron chi connectivity index (χ2n) is 3.99. The summed E-state index contributed by atoms with van der Waals surface area (Å²) in [6, 6.07) is 7.49. The molecule has 5 nitrogen and oxygen atoms in total. The fourth-order valence-electron chi connectivity index (χ4n) is 1.72. The number of carbonyl (C=O) groups excluding carboxylic acids is 1. The van der Waals surface area contributed by atoms with Gasteiger partial charge >= 0.3 is 0 Å². The van der Waals surface area contributed by atoms with E-state index in [1.54, 1.807) is 11.0 Å². The van der Waals surface area contributed by atoms with E-state index in [0.29, 0.717) is 30.8 Å². The van der Waals surface area contributed by atoms with E-state index in [1.165, 1.54) is 0 Å². The lowest BCUT2D eigenvalue weighted by Crippen LogP contribution is -2.32. The van der Waals surface area contributed by atoms with Crippen molar-refractivity contribution in [2.45, 2.75) is 20.3 Å². The molecule has 0 bridgehead atoms. The van der Waals surface area contributed by atoms with Gasteiger partial charge in [-0.2, -0.15) is 5.26 Å². The highest BCUT2D eigenvalue weighted by Crippen LogP contribution is 2.18. The predicted molar refractivity (Wildman–Crippen MR) is 70.8 cm³/mol. The number of nitrogens with one attached hydrogen (secondary N) is 1. The van der Waals surface area contributed by atoms with E-state index in [1.807, 2.05) is 32.0 Å². The summed E-state index contributed by atoms with van der Waals surface area (Å²) in [5.74, 6) is 5.32. The third-order valence-corrected chi connectivity index (χ3v) is 2.72. The summed E-state index contributed by atoms with van der Waals surface area (Å²) in [7, 11) is 0. The van der Waals surface area contributed by atoms with Gasteiger partial charge in [-0.25, -0.2) is 0 Å². The van der Waals surface area contributed by atoms with Gasteiger partial charge in [-0.05, 0) is 31.5 Å². The molecule has 96 valence electrons. The molecule has 0 aromatic heterocycles. The molecule has 1 aromatic rings. The number of nitriles is 1. The quantitative estimate of drug-likeness (QED) is 0.611. The number of aryl methyl sites for hydroxylation is 1. The zero-order valence-corrected chi connectivity index (χ0v) is 10.7. The molecule has 0 spiro atoms. The first-order chi connectivity index (χ1) is 8.63. The maximum atomic E-state index is 12.3. The number of nitrogens with zero attached hydrogens (tertiary/aromatic N) is 2. The number of hydrogen-bond acceptors (Lipinski definition) is 4. The molecule has 0 saturated heterocycles. The van der Waals surface area contributed by atoms with Crippen LogP contribution in [0, 0.1) is 18.3 Å². The SMILES string of the molecule is CCN(CCC#N)C(=O)c1ccc(C)cc1NN. The van der Waals surface area contributed by atoms with Crippen LogP contribution in [0.15, 0.2) is 18.2 Å². The summed E-state index contributed by atoms with van der Waals surface area (Å²) in [5, 5.41) is 8.58. The Morgan fingerprint density at radius 1 is 1.56 bits per heavy atom. The summed E-state index contributed by atoms with van der Waals surface area (Å²) >= 11 is 0. The molecule has 0 aliphatic rings. The smallest absolute Gasteiger partial charge is 0.256 e. The van der Waals surface area contributed by atoms with Gasteiger partial charge in [0.1, 0.15) is 0 Å². The van der Waals surface area contributed by atoms with Crippen LogP contribution in [0.2, 0.25) is 0 Å². The first-order valence-corrected chi connectivity index (χ1v) is 5.87. The molecule has 1 amide bonds. The van der Waals surface area contributed by atoms with E-state index in [9.17, 15) is 4.79 Å². The Balaban J connectivity index is 2.98. The van der Waals surface area contributed by atoms with Gasteiger partial charge in [-0.15, -0.1) is 0 Å². The highest BCUT2D eigenvalue weighted by Gasteiger charge is 2.17. The normalized spacial score (nSPS) is 9.67. The summed E-state index contributed by atoms with van der Waals surface area (Å²) in [5.41, 5.74) is 4.70.